The number of esters is 1. The van der Waals surface area contributed by atoms with E-state index >= 15 is 24.0 Å². The number of carbonyl (C=O) groups excluding carboxylic acids is 11. The van der Waals surface area contributed by atoms with E-state index in [1.165, 1.54) is 34.7 Å². The molecule has 32 heteroatoms. The molecule has 2 saturated heterocycles. The maximum absolute atomic E-state index is 16.4. The number of nitrogens with one attached hydrogen (secondary N) is 4. The Kier molecular flexibility index (Phi) is 31.7. The molecule has 2 aliphatic rings. The highest BCUT2D eigenvalue weighted by Gasteiger charge is 2.51. The van der Waals surface area contributed by atoms with Crippen molar-refractivity contribution in [2.24, 2.45) is 11.8 Å². The van der Waals surface area contributed by atoms with Crippen LogP contribution in [0.4, 0.5) is 24.0 Å². The minimum atomic E-state index is -2.21. The van der Waals surface area contributed by atoms with Crippen molar-refractivity contribution in [2.75, 3.05) is 26.7 Å². The molecule has 0 aliphatic carbocycles. The second kappa shape index (κ2) is 39.3. The molecular formula is C73H97Cl3N10O19. The first-order valence-corrected chi connectivity index (χ1v) is 35.6. The first kappa shape index (κ1) is 84.8. The number of hydrogen-bond acceptors (Lipinski definition) is 19. The maximum Gasteiger partial charge on any atom is 0.429 e. The zero-order valence-corrected chi connectivity index (χ0v) is 63.6. The third-order valence-electron chi connectivity index (χ3n) is 16.2. The highest BCUT2D eigenvalue weighted by Crippen LogP contribution is 2.31. The molecule has 29 nitrogen and oxygen atoms in total. The zero-order valence-electron chi connectivity index (χ0n) is 61.4. The number of nitrogens with zero attached hydrogens (tertiary/aromatic N) is 6. The molecule has 0 bridgehead atoms. The van der Waals surface area contributed by atoms with E-state index < -0.39 is 154 Å². The van der Waals surface area contributed by atoms with Crippen LogP contribution in [0.5, 0.6) is 0 Å². The van der Waals surface area contributed by atoms with Gasteiger partial charge in [0.2, 0.25) is 9.70 Å². The summed E-state index contributed by atoms with van der Waals surface area (Å²) in [5.74, 6) is -7.93. The summed E-state index contributed by atoms with van der Waals surface area (Å²) in [5.41, 5.74) is 4.75. The van der Waals surface area contributed by atoms with Crippen molar-refractivity contribution in [3.8, 4) is 0 Å². The van der Waals surface area contributed by atoms with Gasteiger partial charge in [-0.2, -0.15) is 0 Å². The van der Waals surface area contributed by atoms with Crippen LogP contribution in [-0.4, -0.2) is 186 Å². The number of hydrogen-bond donors (Lipinski definition) is 4. The topological polar surface area (TPSA) is 329 Å². The molecular weight excluding hydrogens is 1430 g/mol. The van der Waals surface area contributed by atoms with Gasteiger partial charge in [-0.3, -0.25) is 34.2 Å². The van der Waals surface area contributed by atoms with Crippen molar-refractivity contribution >= 4 is 101 Å². The maximum atomic E-state index is 16.4. The van der Waals surface area contributed by atoms with Crippen molar-refractivity contribution in [2.45, 2.75) is 205 Å². The van der Waals surface area contributed by atoms with Crippen LogP contribution < -0.4 is 21.5 Å². The van der Waals surface area contributed by atoms with Gasteiger partial charge in [-0.15, -0.1) is 0 Å². The lowest BCUT2D eigenvalue weighted by Crippen LogP contribution is -2.69. The van der Waals surface area contributed by atoms with E-state index in [2.05, 4.69) is 21.5 Å². The number of hydroxylamine groups is 2. The Bertz CT molecular complexity index is 3570. The molecule has 105 heavy (non-hydrogen) atoms. The first-order valence-electron chi connectivity index (χ1n) is 34.5. The normalized spacial score (nSPS) is 16.6. The summed E-state index contributed by atoms with van der Waals surface area (Å²) < 4.78 is 38.0. The second-order valence-electron chi connectivity index (χ2n) is 27.9. The van der Waals surface area contributed by atoms with Crippen molar-refractivity contribution in [3.63, 3.8) is 0 Å². The number of likely N-dealkylation sites (N-methyl/N-ethyl adjacent to an activating group) is 1. The smallest absolute Gasteiger partial charge is 0.429 e. The fraction of sp³-hybridized carbons (Fsp3) is 0.521. The molecule has 4 aromatic carbocycles. The Morgan fingerprint density at radius 3 is 1.46 bits per heavy atom. The number of alkyl halides is 3. The molecule has 8 atom stereocenters. The van der Waals surface area contributed by atoms with Crippen LogP contribution in [-0.2, 0) is 93.2 Å². The Morgan fingerprint density at radius 2 is 0.990 bits per heavy atom. The predicted octanol–water partition coefficient (Wildman–Crippen LogP) is 10.4. The number of halogens is 3. The highest BCUT2D eigenvalue weighted by atomic mass is 35.6. The third kappa shape index (κ3) is 26.4. The molecule has 4 aromatic rings. The molecule has 0 saturated carbocycles. The number of hydrazine groups is 3. The number of benzene rings is 4. The second-order valence-corrected chi connectivity index (χ2v) is 30.4. The Balaban J connectivity index is 1.47. The molecule has 2 fully saturated rings. The summed E-state index contributed by atoms with van der Waals surface area (Å²) in [6.45, 7) is 16.5. The van der Waals surface area contributed by atoms with E-state index in [-0.39, 0.29) is 65.0 Å². The summed E-state index contributed by atoms with van der Waals surface area (Å²) in [6, 6.07) is 23.9. The van der Waals surface area contributed by atoms with Crippen LogP contribution in [0.3, 0.4) is 0 Å². The predicted molar refractivity (Wildman–Crippen MR) is 385 cm³/mol. The average molecular weight is 1520 g/mol. The minimum Gasteiger partial charge on any atom is -0.458 e. The number of alkyl carbamates (subject to hydrolysis) is 2. The minimum absolute atomic E-state index is 0.0344. The van der Waals surface area contributed by atoms with Crippen LogP contribution in [0.1, 0.15) is 137 Å². The number of ether oxygens (including phenoxy) is 7. The van der Waals surface area contributed by atoms with Gasteiger partial charge in [0.05, 0.1) is 12.7 Å². The van der Waals surface area contributed by atoms with Gasteiger partial charge in [0.1, 0.15) is 67.9 Å². The van der Waals surface area contributed by atoms with Crippen molar-refractivity contribution < 1.29 is 90.7 Å². The molecule has 0 spiro atoms. The number of rotatable bonds is 27. The lowest BCUT2D eigenvalue weighted by Gasteiger charge is -2.46. The first-order chi connectivity index (χ1) is 49.4. The van der Waals surface area contributed by atoms with E-state index in [0.29, 0.717) is 32.3 Å². The molecule has 0 unspecified atom stereocenters. The average Bonchev–Trinajstić information content (AvgIpc) is 0.777. The summed E-state index contributed by atoms with van der Waals surface area (Å²) in [4.78, 5) is 171. The molecule has 2 heterocycles. The zero-order chi connectivity index (χ0) is 77.5. The monoisotopic (exact) mass is 1520 g/mol. The summed E-state index contributed by atoms with van der Waals surface area (Å²) >= 11 is 18.1. The molecule has 574 valence electrons. The van der Waals surface area contributed by atoms with Gasteiger partial charge in [-0.25, -0.2) is 59.3 Å². The Labute approximate surface area is 627 Å². The Morgan fingerprint density at radius 1 is 0.543 bits per heavy atom. The van der Waals surface area contributed by atoms with E-state index in [1.807, 2.05) is 0 Å². The van der Waals surface area contributed by atoms with Crippen LogP contribution >= 0.6 is 34.8 Å². The number of carbonyl (C=O) groups is 11. The van der Waals surface area contributed by atoms with Gasteiger partial charge in [0.25, 0.3) is 23.6 Å². The molecule has 2 aliphatic heterocycles. The van der Waals surface area contributed by atoms with Gasteiger partial charge in [-0.1, -0.05) is 184 Å². The molecule has 6 rings (SSSR count). The van der Waals surface area contributed by atoms with Gasteiger partial charge >= 0.3 is 36.4 Å². The fourth-order valence-corrected chi connectivity index (χ4v) is 11.3. The fourth-order valence-electron chi connectivity index (χ4n) is 11.2. The highest BCUT2D eigenvalue weighted by molar-refractivity contribution is 6.67. The SMILES string of the molecule is CC(C)C[C@H](C(=O)N1[C@H](C(=O)NNC(=O)OC(C)(C)C)CCCN1C(=O)OCc1ccccc1)N(C)C(=O)[C@H](C)N(OCc1ccccc1)C(=O)[C@H]1CCCN(C(=O)OCc2ccccc2)N1C(=O)[C@@H](NC(=O)OCC(Cl)(Cl)Cl)[C@@H](OC(=O)[C@H](NC(=O)OC(C)(C)C)[C@H](C)OCc1ccccc1)C(C)C. The molecule has 10 amide bonds. The van der Waals surface area contributed by atoms with Gasteiger partial charge in [-0.05, 0) is 122 Å². The van der Waals surface area contributed by atoms with E-state index in [4.69, 9.17) is 72.8 Å². The van der Waals surface area contributed by atoms with Crippen LogP contribution in [0.2, 0.25) is 0 Å². The van der Waals surface area contributed by atoms with Crippen LogP contribution in [0.15, 0.2) is 121 Å². The van der Waals surface area contributed by atoms with Crippen molar-refractivity contribution in [3.05, 3.63) is 144 Å². The molecule has 4 N–H and O–H groups in total. The quantitative estimate of drug-likeness (QED) is 0.0186. The summed E-state index contributed by atoms with van der Waals surface area (Å²) in [5, 5.41) is 9.03. The van der Waals surface area contributed by atoms with Crippen LogP contribution in [0, 0.1) is 11.8 Å². The molecule has 0 radical (unpaired) electrons. The van der Waals surface area contributed by atoms with E-state index in [0.717, 1.165) is 19.9 Å². The number of amides is 10. The summed E-state index contributed by atoms with van der Waals surface area (Å²) in [6.07, 6.45) is -9.09. The molecule has 0 aromatic heterocycles. The lowest BCUT2D eigenvalue weighted by molar-refractivity contribution is -0.219. The lowest BCUT2D eigenvalue weighted by atomic mass is 9.96. The van der Waals surface area contributed by atoms with E-state index in [9.17, 15) is 28.8 Å². The van der Waals surface area contributed by atoms with Gasteiger partial charge in [0.15, 0.2) is 12.1 Å². The van der Waals surface area contributed by atoms with Crippen molar-refractivity contribution in [1.29, 1.82) is 0 Å². The van der Waals surface area contributed by atoms with E-state index in [1.54, 1.807) is 177 Å². The van der Waals surface area contributed by atoms with Gasteiger partial charge < -0.3 is 48.7 Å². The summed E-state index contributed by atoms with van der Waals surface area (Å²) in [7, 11) is 1.28. The van der Waals surface area contributed by atoms with Gasteiger partial charge in [0, 0.05) is 20.1 Å². The largest absolute Gasteiger partial charge is 0.458 e. The standard InChI is InChI=1S/C73H97Cl3N10O19/c1-46(2)40-56(62(89)84-54(60(87)79-80-68(95)105-72(10,11)12)36-26-38-82(84)69(96)99-42-51-30-20-15-21-31-51)81(13)61(88)48(5)86(102-44-53-34-24-17-25-35-53)63(90)55-37-27-39-83(70(97)100-43-52-32-22-16-23-33-52)85(55)64(91)58(78-66(93)101-45-73(74,75)76)59(47(3)4)103-65(92)57(77-67(94)104-71(7,8)9)49(6)98-41-50-28-18-14-19-29-50/h14-25,28-35,46-49,54-59H,26-27,36-45H2,1-13H3,(H,77,94)(H,78,93)(H,79,87)(H,80,95)/t48-,49-,54-,55+,56+,57+,58-,59-/m0/s1. The van der Waals surface area contributed by atoms with Crippen molar-refractivity contribution in [1.82, 2.24) is 51.5 Å². The third-order valence-corrected chi connectivity index (χ3v) is 16.5. The van der Waals surface area contributed by atoms with Crippen LogP contribution in [0.25, 0.3) is 0 Å². The Hall–Kier alpha value is -9.16.